The summed E-state index contributed by atoms with van der Waals surface area (Å²) in [5.41, 5.74) is 1.30. The molecule has 0 unspecified atom stereocenters. The van der Waals surface area contributed by atoms with Crippen LogP contribution in [0.5, 0.6) is 11.5 Å². The molecule has 2 fully saturated rings. The van der Waals surface area contributed by atoms with Gasteiger partial charge in [0.1, 0.15) is 0 Å². The molecule has 4 heteroatoms. The van der Waals surface area contributed by atoms with E-state index in [1.165, 1.54) is 38.0 Å². The summed E-state index contributed by atoms with van der Waals surface area (Å²) in [4.78, 5) is 5.24. The van der Waals surface area contributed by atoms with Crippen LogP contribution in [0, 0.1) is 17.8 Å². The highest BCUT2D eigenvalue weighted by molar-refractivity contribution is 5.42. The summed E-state index contributed by atoms with van der Waals surface area (Å²) in [5.74, 6) is 4.29. The van der Waals surface area contributed by atoms with Crippen molar-refractivity contribution in [1.82, 2.24) is 9.80 Å². The number of fused-ring (bicyclic) bond motifs is 2. The van der Waals surface area contributed by atoms with Gasteiger partial charge in [0.25, 0.3) is 0 Å². The fraction of sp³-hybridized carbons (Fsp3) is 0.619. The van der Waals surface area contributed by atoms with Crippen molar-refractivity contribution in [2.24, 2.45) is 17.8 Å². The van der Waals surface area contributed by atoms with Gasteiger partial charge < -0.3 is 14.4 Å². The first kappa shape index (κ1) is 16.9. The van der Waals surface area contributed by atoms with Gasteiger partial charge in [0.2, 0.25) is 0 Å². The summed E-state index contributed by atoms with van der Waals surface area (Å²) in [7, 11) is 3.38. The summed E-state index contributed by atoms with van der Waals surface area (Å²) in [6, 6.07) is 6.26. The standard InChI is InChI=1S/C21H30N2O2/c1-24-20-6-4-17(13-21(20)25-2)14-22-7-9-23(10-8-22)15-19-12-16-3-5-18(19)11-16/h3-6,13,16,18-19H,7-12,14-15H2,1-2H3/t16-,18+,19+/m0/s1. The Labute approximate surface area is 151 Å². The van der Waals surface area contributed by atoms with Gasteiger partial charge in [-0.25, -0.2) is 0 Å². The molecule has 1 aromatic rings. The lowest BCUT2D eigenvalue weighted by molar-refractivity contribution is 0.108. The van der Waals surface area contributed by atoms with Crippen LogP contribution in [0.1, 0.15) is 18.4 Å². The average Bonchev–Trinajstić information content (AvgIpc) is 3.26. The minimum atomic E-state index is 0.802. The molecule has 3 aliphatic rings. The van der Waals surface area contributed by atoms with E-state index in [1.807, 2.05) is 6.07 Å². The molecule has 0 radical (unpaired) electrons. The minimum Gasteiger partial charge on any atom is -0.493 e. The zero-order chi connectivity index (χ0) is 17.2. The summed E-state index contributed by atoms with van der Waals surface area (Å²) < 4.78 is 10.8. The van der Waals surface area contributed by atoms with E-state index in [-0.39, 0.29) is 0 Å². The number of rotatable bonds is 6. The van der Waals surface area contributed by atoms with Crippen LogP contribution in [0.3, 0.4) is 0 Å². The third-order valence-electron chi connectivity index (χ3n) is 6.23. The number of methoxy groups -OCH3 is 2. The van der Waals surface area contributed by atoms with E-state index >= 15 is 0 Å². The molecule has 2 aliphatic carbocycles. The smallest absolute Gasteiger partial charge is 0.161 e. The zero-order valence-electron chi connectivity index (χ0n) is 15.5. The number of benzene rings is 1. The molecular formula is C21H30N2O2. The molecule has 0 amide bonds. The second-order valence-corrected chi connectivity index (χ2v) is 7.81. The summed E-state index contributed by atoms with van der Waals surface area (Å²) >= 11 is 0. The lowest BCUT2D eigenvalue weighted by Crippen LogP contribution is -2.47. The van der Waals surface area contributed by atoms with E-state index in [0.717, 1.165) is 48.9 Å². The van der Waals surface area contributed by atoms with Gasteiger partial charge in [-0.1, -0.05) is 18.2 Å². The van der Waals surface area contributed by atoms with E-state index in [4.69, 9.17) is 9.47 Å². The number of piperazine rings is 1. The summed E-state index contributed by atoms with van der Waals surface area (Å²) in [6.45, 7) is 7.01. The molecule has 0 aromatic heterocycles. The molecule has 1 aromatic carbocycles. The van der Waals surface area contributed by atoms with Crippen molar-refractivity contribution < 1.29 is 9.47 Å². The predicted octanol–water partition coefficient (Wildman–Crippen LogP) is 3.03. The molecule has 0 spiro atoms. The molecule has 1 saturated carbocycles. The van der Waals surface area contributed by atoms with E-state index in [1.54, 1.807) is 14.2 Å². The van der Waals surface area contributed by atoms with Crippen molar-refractivity contribution in [3.63, 3.8) is 0 Å². The van der Waals surface area contributed by atoms with Gasteiger partial charge in [-0.2, -0.15) is 0 Å². The highest BCUT2D eigenvalue weighted by atomic mass is 16.5. The van der Waals surface area contributed by atoms with Crippen LogP contribution in [0.25, 0.3) is 0 Å². The fourth-order valence-electron chi connectivity index (χ4n) is 4.80. The first-order valence-electron chi connectivity index (χ1n) is 9.59. The normalized spacial score (nSPS) is 29.3. The van der Waals surface area contributed by atoms with E-state index < -0.39 is 0 Å². The maximum absolute atomic E-state index is 5.42. The van der Waals surface area contributed by atoms with E-state index in [2.05, 4.69) is 34.1 Å². The van der Waals surface area contributed by atoms with Crippen molar-refractivity contribution in [2.75, 3.05) is 46.9 Å². The molecule has 25 heavy (non-hydrogen) atoms. The van der Waals surface area contributed by atoms with Crippen LogP contribution < -0.4 is 9.47 Å². The maximum Gasteiger partial charge on any atom is 0.161 e. The number of hydrogen-bond donors (Lipinski definition) is 0. The van der Waals surface area contributed by atoms with Crippen molar-refractivity contribution in [3.8, 4) is 11.5 Å². The Morgan fingerprint density at radius 2 is 1.68 bits per heavy atom. The van der Waals surface area contributed by atoms with Crippen molar-refractivity contribution >= 4 is 0 Å². The third kappa shape index (κ3) is 3.70. The highest BCUT2D eigenvalue weighted by Gasteiger charge is 2.36. The molecule has 4 rings (SSSR count). The van der Waals surface area contributed by atoms with E-state index in [9.17, 15) is 0 Å². The number of hydrogen-bond acceptors (Lipinski definition) is 4. The predicted molar refractivity (Wildman–Crippen MR) is 100 cm³/mol. The van der Waals surface area contributed by atoms with Crippen molar-refractivity contribution in [2.45, 2.75) is 19.4 Å². The Hall–Kier alpha value is -1.52. The lowest BCUT2D eigenvalue weighted by Gasteiger charge is -2.37. The molecule has 1 saturated heterocycles. The first-order valence-corrected chi connectivity index (χ1v) is 9.59. The van der Waals surface area contributed by atoms with Crippen LogP contribution in [0.2, 0.25) is 0 Å². The Kier molecular flexibility index (Phi) is 5.00. The van der Waals surface area contributed by atoms with Gasteiger partial charge in [-0.15, -0.1) is 0 Å². The Balaban J connectivity index is 1.27. The largest absolute Gasteiger partial charge is 0.493 e. The van der Waals surface area contributed by atoms with Crippen LogP contribution in [-0.2, 0) is 6.54 Å². The zero-order valence-corrected chi connectivity index (χ0v) is 15.5. The van der Waals surface area contributed by atoms with Crippen LogP contribution in [-0.4, -0.2) is 56.7 Å². The monoisotopic (exact) mass is 342 g/mol. The molecule has 136 valence electrons. The molecule has 0 N–H and O–H groups in total. The quantitative estimate of drug-likeness (QED) is 0.742. The van der Waals surface area contributed by atoms with Gasteiger partial charge >= 0.3 is 0 Å². The Bertz CT molecular complexity index is 622. The summed E-state index contributed by atoms with van der Waals surface area (Å²) in [6.07, 6.45) is 7.77. The molecule has 4 nitrogen and oxygen atoms in total. The lowest BCUT2D eigenvalue weighted by atomic mass is 9.93. The van der Waals surface area contributed by atoms with Gasteiger partial charge in [-0.05, 0) is 48.3 Å². The maximum atomic E-state index is 5.42. The molecule has 1 aliphatic heterocycles. The van der Waals surface area contributed by atoms with Gasteiger partial charge in [0, 0.05) is 39.3 Å². The van der Waals surface area contributed by atoms with Crippen LogP contribution in [0.15, 0.2) is 30.4 Å². The Morgan fingerprint density at radius 3 is 2.32 bits per heavy atom. The van der Waals surface area contributed by atoms with Gasteiger partial charge in [0.05, 0.1) is 14.2 Å². The fourth-order valence-corrected chi connectivity index (χ4v) is 4.80. The second-order valence-electron chi connectivity index (χ2n) is 7.81. The average molecular weight is 342 g/mol. The second kappa shape index (κ2) is 7.38. The summed E-state index contributed by atoms with van der Waals surface area (Å²) in [5, 5.41) is 0. The molecule has 3 atom stereocenters. The van der Waals surface area contributed by atoms with Crippen molar-refractivity contribution in [3.05, 3.63) is 35.9 Å². The first-order chi connectivity index (χ1) is 12.2. The highest BCUT2D eigenvalue weighted by Crippen LogP contribution is 2.43. The van der Waals surface area contributed by atoms with Crippen molar-refractivity contribution in [1.29, 1.82) is 0 Å². The third-order valence-corrected chi connectivity index (χ3v) is 6.23. The topological polar surface area (TPSA) is 24.9 Å². The van der Waals surface area contributed by atoms with Crippen LogP contribution in [0.4, 0.5) is 0 Å². The molecule has 1 heterocycles. The SMILES string of the molecule is COc1ccc(CN2CCN(C[C@H]3C[C@H]4C=C[C@@H]3C4)CC2)cc1OC. The van der Waals surface area contributed by atoms with Crippen LogP contribution >= 0.6 is 0 Å². The molecule has 2 bridgehead atoms. The number of ether oxygens (including phenoxy) is 2. The molecular weight excluding hydrogens is 312 g/mol. The number of nitrogens with zero attached hydrogens (tertiary/aromatic N) is 2. The Morgan fingerprint density at radius 1 is 0.920 bits per heavy atom. The minimum absolute atomic E-state index is 0.802. The van der Waals surface area contributed by atoms with Gasteiger partial charge in [0.15, 0.2) is 11.5 Å². The number of allylic oxidation sites excluding steroid dienone is 2. The van der Waals surface area contributed by atoms with E-state index in [0.29, 0.717) is 0 Å². The van der Waals surface area contributed by atoms with Gasteiger partial charge in [-0.3, -0.25) is 4.90 Å².